The van der Waals surface area contributed by atoms with Crippen LogP contribution < -0.4 is 15.4 Å². The maximum Gasteiger partial charge on any atom is 0.318 e. The molecule has 0 saturated carbocycles. The smallest absolute Gasteiger partial charge is 0.318 e. The summed E-state index contributed by atoms with van der Waals surface area (Å²) in [6.07, 6.45) is 3.85. The number of alkyl halides is 2. The molecule has 0 spiro atoms. The molecule has 4 unspecified atom stereocenters. The van der Waals surface area contributed by atoms with E-state index in [9.17, 15) is 23.2 Å². The van der Waals surface area contributed by atoms with Crippen LogP contribution in [0.15, 0.2) is 31.0 Å². The Morgan fingerprint density at radius 1 is 1.26 bits per heavy atom. The average Bonchev–Trinajstić information content (AvgIpc) is 3.83. The lowest BCUT2D eigenvalue weighted by Gasteiger charge is -2.27. The van der Waals surface area contributed by atoms with E-state index in [1.54, 1.807) is 7.05 Å². The summed E-state index contributed by atoms with van der Waals surface area (Å²) in [6, 6.07) is 4.08. The Bertz CT molecular complexity index is 1900. The average molecular weight is 669 g/mol. The number of likely N-dealkylation sites (N-methyl/N-ethyl adjacent to an activating group) is 1. The van der Waals surface area contributed by atoms with Crippen LogP contribution in [0.4, 0.5) is 28.4 Å². The lowest BCUT2D eigenvalue weighted by atomic mass is 10.0. The van der Waals surface area contributed by atoms with Gasteiger partial charge in [-0.1, -0.05) is 6.58 Å². The van der Waals surface area contributed by atoms with Crippen LogP contribution in [0.25, 0.3) is 32.2 Å². The zero-order chi connectivity index (χ0) is 33.6. The number of thiophene rings is 1. The van der Waals surface area contributed by atoms with Gasteiger partial charge < -0.3 is 20.3 Å². The van der Waals surface area contributed by atoms with E-state index in [2.05, 4.69) is 26.4 Å². The Kier molecular flexibility index (Phi) is 8.91. The number of carbonyl (C=O) groups is 1. The number of hydrogen-bond donors (Lipinski definition) is 1. The van der Waals surface area contributed by atoms with Gasteiger partial charge in [-0.25, -0.2) is 17.6 Å². The summed E-state index contributed by atoms with van der Waals surface area (Å²) in [7, 11) is 2.88. The van der Waals surface area contributed by atoms with Gasteiger partial charge in [-0.2, -0.15) is 15.2 Å². The molecule has 47 heavy (non-hydrogen) atoms. The number of benzene rings is 1. The van der Waals surface area contributed by atoms with Crippen LogP contribution in [0, 0.1) is 23.0 Å². The van der Waals surface area contributed by atoms with Crippen molar-refractivity contribution in [2.24, 2.45) is 0 Å². The number of ether oxygens (including phenoxy) is 1. The van der Waals surface area contributed by atoms with E-state index < -0.39 is 35.9 Å². The summed E-state index contributed by atoms with van der Waals surface area (Å²) in [5, 5.41) is 10.0. The van der Waals surface area contributed by atoms with Crippen molar-refractivity contribution >= 4 is 49.1 Å². The number of halogens is 4. The predicted molar refractivity (Wildman–Crippen MR) is 172 cm³/mol. The molecule has 1 amide bonds. The zero-order valence-electron chi connectivity index (χ0n) is 25.7. The summed E-state index contributed by atoms with van der Waals surface area (Å²) >= 11 is 0.887. The number of hydrogen-bond acceptors (Lipinski definition) is 10. The second-order valence-corrected chi connectivity index (χ2v) is 12.8. The molecular formula is C32H32F4N8O2S. The summed E-state index contributed by atoms with van der Waals surface area (Å²) in [4.78, 5) is 29.9. The molecule has 0 aliphatic carbocycles. The number of anilines is 2. The molecule has 0 bridgehead atoms. The molecule has 10 nitrogen and oxygen atoms in total. The van der Waals surface area contributed by atoms with Crippen LogP contribution in [-0.2, 0) is 4.79 Å². The number of methoxy groups -OCH3 is 1. The summed E-state index contributed by atoms with van der Waals surface area (Å²) in [5.41, 5.74) is 5.75. The van der Waals surface area contributed by atoms with Crippen molar-refractivity contribution in [3.05, 3.63) is 48.2 Å². The van der Waals surface area contributed by atoms with Crippen LogP contribution in [0.1, 0.15) is 24.8 Å². The number of nitrogens with two attached hydrogens (primary N) is 1. The van der Waals surface area contributed by atoms with Gasteiger partial charge in [-0.3, -0.25) is 14.7 Å². The van der Waals surface area contributed by atoms with Gasteiger partial charge in [0.05, 0.1) is 35.3 Å². The maximum atomic E-state index is 16.1. The minimum atomic E-state index is -1.40. The number of rotatable bonds is 5. The molecule has 3 saturated heterocycles. The Labute approximate surface area is 272 Å². The number of pyridine rings is 1. The minimum Gasteiger partial charge on any atom is -0.467 e. The van der Waals surface area contributed by atoms with Gasteiger partial charge in [0.1, 0.15) is 46.3 Å². The topological polar surface area (TPSA) is 124 Å². The molecule has 0 radical (unpaired) electrons. The number of nitrogens with zero attached hydrogens (tertiary/aromatic N) is 7. The third kappa shape index (κ3) is 5.80. The van der Waals surface area contributed by atoms with E-state index in [0.717, 1.165) is 36.4 Å². The van der Waals surface area contributed by atoms with Crippen LogP contribution in [0.2, 0.25) is 0 Å². The van der Waals surface area contributed by atoms with Crippen molar-refractivity contribution in [1.82, 2.24) is 24.8 Å². The minimum absolute atomic E-state index is 0.0235. The molecule has 246 valence electrons. The van der Waals surface area contributed by atoms with Gasteiger partial charge in [-0.15, -0.1) is 11.3 Å². The number of fused-ring (bicyclic) bond motifs is 3. The molecule has 4 atom stereocenters. The molecule has 3 aliphatic rings. The summed E-state index contributed by atoms with van der Waals surface area (Å²) in [6.45, 7) is 5.24. The largest absolute Gasteiger partial charge is 0.467 e. The fourth-order valence-corrected chi connectivity index (χ4v) is 7.62. The van der Waals surface area contributed by atoms with Gasteiger partial charge >= 0.3 is 6.01 Å². The molecule has 7 rings (SSSR count). The number of amides is 1. The van der Waals surface area contributed by atoms with E-state index >= 15 is 4.39 Å². The van der Waals surface area contributed by atoms with E-state index in [0.29, 0.717) is 12.6 Å². The first-order chi connectivity index (χ1) is 22.6. The molecule has 3 aromatic heterocycles. The number of nitriles is 1. The van der Waals surface area contributed by atoms with Crippen LogP contribution in [-0.4, -0.2) is 95.4 Å². The number of aromatic nitrogens is 3. The van der Waals surface area contributed by atoms with Crippen LogP contribution >= 0.6 is 11.3 Å². The fourth-order valence-electron chi connectivity index (χ4n) is 6.67. The summed E-state index contributed by atoms with van der Waals surface area (Å²) in [5.74, 6) is -1.72. The first-order valence-electron chi connectivity index (χ1n) is 15.0. The highest BCUT2D eigenvalue weighted by Crippen LogP contribution is 2.42. The van der Waals surface area contributed by atoms with E-state index in [-0.39, 0.29) is 67.7 Å². The van der Waals surface area contributed by atoms with Gasteiger partial charge in [0, 0.05) is 43.3 Å². The Morgan fingerprint density at radius 3 is 2.74 bits per heavy atom. The van der Waals surface area contributed by atoms with E-state index in [1.165, 1.54) is 42.0 Å². The normalized spacial score (nSPS) is 22.2. The van der Waals surface area contributed by atoms with Crippen molar-refractivity contribution in [2.75, 3.05) is 51.0 Å². The lowest BCUT2D eigenvalue weighted by molar-refractivity contribution is -0.125. The third-order valence-electron chi connectivity index (χ3n) is 9.01. The van der Waals surface area contributed by atoms with Gasteiger partial charge in [0.15, 0.2) is 5.82 Å². The van der Waals surface area contributed by atoms with Crippen LogP contribution in [0.5, 0.6) is 6.01 Å². The van der Waals surface area contributed by atoms with Gasteiger partial charge in [-0.05, 0) is 44.0 Å². The standard InChI is InChI=1S/C25H20F3N7O2S.C7H12FN/c1-4-17(36)35-9-15(27)16(10-35)34(2)24-13-8-31-20(19(28)21(13)32-25(33-24)37-3)11-5-6-14(26)22-18(11)12(7-29)23(30)38-22;8-6-4-7-2-1-3-9(7)5-6/h4-6,8,15-16H,1,9-10,30H2,2-3H3;6-7H,1-5H2. The highest BCUT2D eigenvalue weighted by molar-refractivity contribution is 7.23. The molecule has 6 heterocycles. The molecule has 2 N–H and O–H groups in total. The number of nitrogen functional groups attached to an aromatic ring is 1. The molecule has 15 heteroatoms. The predicted octanol–water partition coefficient (Wildman–Crippen LogP) is 5.01. The van der Waals surface area contributed by atoms with E-state index in [1.807, 2.05) is 6.07 Å². The van der Waals surface area contributed by atoms with Crippen LogP contribution in [0.3, 0.4) is 0 Å². The Hall–Kier alpha value is -4.55. The fraction of sp³-hybridized carbons (Fsp3) is 0.406. The first kappa shape index (κ1) is 32.4. The molecule has 3 aliphatic heterocycles. The maximum absolute atomic E-state index is 16.1. The van der Waals surface area contributed by atoms with Crippen molar-refractivity contribution in [2.45, 2.75) is 43.7 Å². The van der Waals surface area contributed by atoms with Crippen molar-refractivity contribution in [1.29, 1.82) is 5.26 Å². The first-order valence-corrected chi connectivity index (χ1v) is 15.8. The van der Waals surface area contributed by atoms with Gasteiger partial charge in [0.25, 0.3) is 0 Å². The molecule has 1 aromatic carbocycles. The van der Waals surface area contributed by atoms with E-state index in [4.69, 9.17) is 10.5 Å². The summed E-state index contributed by atoms with van der Waals surface area (Å²) < 4.78 is 63.5. The second-order valence-electron chi connectivity index (χ2n) is 11.7. The highest BCUT2D eigenvalue weighted by atomic mass is 32.1. The number of likely N-dealkylation sites (tertiary alicyclic amines) is 1. The quantitative estimate of drug-likeness (QED) is 0.231. The van der Waals surface area contributed by atoms with Crippen molar-refractivity contribution in [3.63, 3.8) is 0 Å². The molecule has 3 fully saturated rings. The monoisotopic (exact) mass is 668 g/mol. The van der Waals surface area contributed by atoms with Gasteiger partial charge in [0.2, 0.25) is 5.91 Å². The van der Waals surface area contributed by atoms with Crippen molar-refractivity contribution in [3.8, 4) is 23.3 Å². The molecule has 4 aromatic rings. The zero-order valence-corrected chi connectivity index (χ0v) is 26.5. The second kappa shape index (κ2) is 12.9. The Balaban J connectivity index is 0.000000366. The van der Waals surface area contributed by atoms with Crippen molar-refractivity contribution < 1.29 is 27.1 Å². The SMILES string of the molecule is C=CC(=O)N1CC(F)C(N(C)c2nc(OC)nc3c(F)c(-c4ccc(F)c5sc(N)c(C#N)c45)ncc23)C1.FC1CC2CCCN2C1. The lowest BCUT2D eigenvalue weighted by Crippen LogP contribution is -2.40. The number of carbonyl (C=O) groups excluding carboxylic acids is 1. The third-order valence-corrected chi connectivity index (χ3v) is 10.0. The molecular weight excluding hydrogens is 636 g/mol. The highest BCUT2D eigenvalue weighted by Gasteiger charge is 2.39. The Morgan fingerprint density at radius 2 is 2.04 bits per heavy atom.